The van der Waals surface area contributed by atoms with Crippen LogP contribution < -0.4 is 10.5 Å². The van der Waals surface area contributed by atoms with E-state index in [0.29, 0.717) is 39.4 Å². The maximum absolute atomic E-state index is 12.4. The minimum Gasteiger partial charge on any atom is -0.464 e. The highest BCUT2D eigenvalue weighted by Crippen LogP contribution is 2.35. The van der Waals surface area contributed by atoms with Gasteiger partial charge >= 0.3 is 6.36 Å². The van der Waals surface area contributed by atoms with Gasteiger partial charge in [0, 0.05) is 23.4 Å². The van der Waals surface area contributed by atoms with Gasteiger partial charge in [0.05, 0.1) is 6.26 Å². The van der Waals surface area contributed by atoms with Crippen molar-refractivity contribution in [2.75, 3.05) is 7.05 Å². The quantitative estimate of drug-likeness (QED) is 0.533. The van der Waals surface area contributed by atoms with Gasteiger partial charge in [-0.1, -0.05) is 12.1 Å². The van der Waals surface area contributed by atoms with Gasteiger partial charge in [-0.2, -0.15) is 0 Å². The smallest absolute Gasteiger partial charge is 0.464 e. The molecule has 0 aliphatic rings. The summed E-state index contributed by atoms with van der Waals surface area (Å²) >= 11 is 0. The second kappa shape index (κ2) is 7.73. The van der Waals surface area contributed by atoms with Crippen LogP contribution in [0, 0.1) is 6.92 Å². The van der Waals surface area contributed by atoms with Gasteiger partial charge < -0.3 is 19.3 Å². The van der Waals surface area contributed by atoms with E-state index in [0.717, 1.165) is 0 Å². The van der Waals surface area contributed by atoms with Gasteiger partial charge in [-0.25, -0.2) is 0 Å². The lowest BCUT2D eigenvalue weighted by Gasteiger charge is -2.09. The molecule has 0 atom stereocenters. The van der Waals surface area contributed by atoms with Crippen LogP contribution in [-0.4, -0.2) is 23.6 Å². The van der Waals surface area contributed by atoms with Crippen LogP contribution in [0.25, 0.3) is 33.6 Å². The molecule has 0 spiro atoms. The first-order valence-corrected chi connectivity index (χ1v) is 8.15. The predicted octanol–water partition coefficient (Wildman–Crippen LogP) is 4.93. The minimum absolute atomic E-state index is 0.298. The largest absolute Gasteiger partial charge is 0.573 e. The summed E-state index contributed by atoms with van der Waals surface area (Å²) in [5, 5.41) is 8.48. The van der Waals surface area contributed by atoms with Crippen LogP contribution in [-0.2, 0) is 0 Å². The van der Waals surface area contributed by atoms with E-state index >= 15 is 0 Å². The highest BCUT2D eigenvalue weighted by atomic mass is 19.4. The molecule has 6 nitrogen and oxygen atoms in total. The Kier molecular flexibility index (Phi) is 5.36. The first kappa shape index (κ1) is 19.4. The molecule has 9 heteroatoms. The number of nitrogens with zero attached hydrogens (tertiary/aromatic N) is 2. The van der Waals surface area contributed by atoms with Crippen molar-refractivity contribution in [2.24, 2.45) is 5.73 Å². The Morgan fingerprint density at radius 2 is 1.79 bits per heavy atom. The summed E-state index contributed by atoms with van der Waals surface area (Å²) in [5.74, 6) is 0.489. The van der Waals surface area contributed by atoms with Crippen molar-refractivity contribution in [3.8, 4) is 28.3 Å². The topological polar surface area (TPSA) is 87.3 Å². The van der Waals surface area contributed by atoms with E-state index in [9.17, 15) is 13.2 Å². The standard InChI is InChI=1S/C18H11F3N2O3.CH5N/c1-10-22-23-17(25-10)12-5-6-16-14(8-12)15(9-24-16)11-3-2-4-13(7-11)26-18(19,20)21;1-2/h2-9H,1H3;2H2,1H3. The fraction of sp³-hybridized carbons (Fsp3) is 0.158. The molecule has 2 aromatic carbocycles. The monoisotopic (exact) mass is 391 g/mol. The second-order valence-electron chi connectivity index (χ2n) is 5.56. The Bertz CT molecular complexity index is 1090. The number of nitrogens with two attached hydrogens (primary N) is 1. The molecular formula is C19H16F3N3O3. The number of rotatable bonds is 3. The first-order chi connectivity index (χ1) is 13.4. The van der Waals surface area contributed by atoms with Crippen LogP contribution >= 0.6 is 0 Å². The maximum atomic E-state index is 12.4. The Hall–Kier alpha value is -3.33. The fourth-order valence-corrected chi connectivity index (χ4v) is 2.66. The van der Waals surface area contributed by atoms with Crippen molar-refractivity contribution in [1.82, 2.24) is 10.2 Å². The summed E-state index contributed by atoms with van der Waals surface area (Å²) in [6, 6.07) is 11.0. The molecule has 2 aromatic heterocycles. The number of benzene rings is 2. The Balaban J connectivity index is 0.00000109. The van der Waals surface area contributed by atoms with Crippen molar-refractivity contribution in [1.29, 1.82) is 0 Å². The summed E-state index contributed by atoms with van der Waals surface area (Å²) in [6.45, 7) is 1.68. The Morgan fingerprint density at radius 1 is 1.00 bits per heavy atom. The van der Waals surface area contributed by atoms with Crippen molar-refractivity contribution >= 4 is 11.0 Å². The van der Waals surface area contributed by atoms with Crippen molar-refractivity contribution in [3.63, 3.8) is 0 Å². The lowest BCUT2D eigenvalue weighted by Crippen LogP contribution is -2.17. The fourth-order valence-electron chi connectivity index (χ4n) is 2.66. The van der Waals surface area contributed by atoms with Crippen LogP contribution in [0.3, 0.4) is 0 Å². The SMILES string of the molecule is CN.Cc1nnc(-c2ccc3occ(-c4cccc(OC(F)(F)F)c4)c3c2)o1. The molecule has 4 aromatic rings. The highest BCUT2D eigenvalue weighted by Gasteiger charge is 2.31. The molecule has 0 unspecified atom stereocenters. The number of furan rings is 1. The van der Waals surface area contributed by atoms with E-state index < -0.39 is 6.36 Å². The number of alkyl halides is 3. The molecular weight excluding hydrogens is 375 g/mol. The molecule has 0 aliphatic carbocycles. The zero-order valence-corrected chi connectivity index (χ0v) is 14.9. The number of halogens is 3. The summed E-state index contributed by atoms with van der Waals surface area (Å²) < 4.78 is 52.3. The van der Waals surface area contributed by atoms with Crippen LogP contribution in [0.2, 0.25) is 0 Å². The van der Waals surface area contributed by atoms with E-state index in [1.807, 2.05) is 0 Å². The van der Waals surface area contributed by atoms with Gasteiger partial charge in [0.25, 0.3) is 0 Å². The second-order valence-corrected chi connectivity index (χ2v) is 5.56. The number of fused-ring (bicyclic) bond motifs is 1. The van der Waals surface area contributed by atoms with Gasteiger partial charge in [0.2, 0.25) is 11.8 Å². The molecule has 0 bridgehead atoms. The minimum atomic E-state index is -4.75. The molecule has 4 rings (SSSR count). The molecule has 0 saturated carbocycles. The number of aryl methyl sites for hydroxylation is 1. The molecule has 2 N–H and O–H groups in total. The van der Waals surface area contributed by atoms with Gasteiger partial charge in [0.15, 0.2) is 0 Å². The zero-order chi connectivity index (χ0) is 20.3. The molecule has 0 amide bonds. The number of hydrogen-bond acceptors (Lipinski definition) is 6. The van der Waals surface area contributed by atoms with Gasteiger partial charge in [-0.15, -0.1) is 23.4 Å². The van der Waals surface area contributed by atoms with Crippen LogP contribution in [0.15, 0.2) is 57.6 Å². The molecule has 28 heavy (non-hydrogen) atoms. The average Bonchev–Trinajstić information content (AvgIpc) is 3.28. The lowest BCUT2D eigenvalue weighted by atomic mass is 10.0. The average molecular weight is 391 g/mol. The van der Waals surface area contributed by atoms with Gasteiger partial charge in [-0.3, -0.25) is 0 Å². The van der Waals surface area contributed by atoms with E-state index in [-0.39, 0.29) is 5.75 Å². The third-order valence-corrected chi connectivity index (χ3v) is 3.73. The highest BCUT2D eigenvalue weighted by molar-refractivity contribution is 5.96. The van der Waals surface area contributed by atoms with Gasteiger partial charge in [-0.05, 0) is 42.9 Å². The van der Waals surface area contributed by atoms with E-state index in [2.05, 4.69) is 20.7 Å². The van der Waals surface area contributed by atoms with E-state index in [1.54, 1.807) is 31.2 Å². The van der Waals surface area contributed by atoms with Crippen LogP contribution in [0.4, 0.5) is 13.2 Å². The maximum Gasteiger partial charge on any atom is 0.573 e. The number of ether oxygens (including phenoxy) is 1. The summed E-state index contributed by atoms with van der Waals surface area (Å²) in [6.07, 6.45) is -3.26. The molecule has 0 saturated heterocycles. The lowest BCUT2D eigenvalue weighted by molar-refractivity contribution is -0.274. The van der Waals surface area contributed by atoms with E-state index in [4.69, 9.17) is 8.83 Å². The Morgan fingerprint density at radius 3 is 2.46 bits per heavy atom. The summed E-state index contributed by atoms with van der Waals surface area (Å²) in [4.78, 5) is 0. The summed E-state index contributed by atoms with van der Waals surface area (Å²) in [7, 11) is 1.50. The normalized spacial score (nSPS) is 11.2. The third kappa shape index (κ3) is 4.15. The Labute approximate surface area is 157 Å². The molecule has 2 heterocycles. The van der Waals surface area contributed by atoms with Crippen molar-refractivity contribution in [2.45, 2.75) is 13.3 Å². The molecule has 0 aliphatic heterocycles. The van der Waals surface area contributed by atoms with Gasteiger partial charge in [0.1, 0.15) is 11.3 Å². The molecule has 0 radical (unpaired) electrons. The van der Waals surface area contributed by atoms with Crippen molar-refractivity contribution in [3.05, 3.63) is 54.6 Å². The predicted molar refractivity (Wildman–Crippen MR) is 96.5 cm³/mol. The molecule has 146 valence electrons. The van der Waals surface area contributed by atoms with Crippen LogP contribution in [0.5, 0.6) is 5.75 Å². The summed E-state index contributed by atoms with van der Waals surface area (Å²) in [5.41, 5.74) is 6.93. The van der Waals surface area contributed by atoms with Crippen molar-refractivity contribution < 1.29 is 26.7 Å². The van der Waals surface area contributed by atoms with Crippen LogP contribution in [0.1, 0.15) is 5.89 Å². The zero-order valence-electron chi connectivity index (χ0n) is 14.9. The number of aromatic nitrogens is 2. The first-order valence-electron chi connectivity index (χ1n) is 8.15. The third-order valence-electron chi connectivity index (χ3n) is 3.73. The van der Waals surface area contributed by atoms with E-state index in [1.165, 1.54) is 31.5 Å². The number of hydrogen-bond donors (Lipinski definition) is 1. The molecule has 0 fully saturated rings.